The number of carbonyl (C=O) groups excluding carboxylic acids is 1. The minimum atomic E-state index is -3.38. The van der Waals surface area contributed by atoms with Crippen molar-refractivity contribution in [2.75, 3.05) is 6.61 Å². The van der Waals surface area contributed by atoms with Crippen molar-refractivity contribution in [3.05, 3.63) is 29.8 Å². The molecule has 0 radical (unpaired) electrons. The van der Waals surface area contributed by atoms with Crippen molar-refractivity contribution in [3.63, 3.8) is 0 Å². The first-order chi connectivity index (χ1) is 14.1. The first-order valence-corrected chi connectivity index (χ1v) is 12.3. The van der Waals surface area contributed by atoms with Gasteiger partial charge in [0.2, 0.25) is 15.9 Å². The second-order valence-electron chi connectivity index (χ2n) is 8.89. The summed E-state index contributed by atoms with van der Waals surface area (Å²) in [6.45, 7) is 8.10. The number of amides is 1. The molecule has 1 fully saturated rings. The smallest absolute Gasteiger partial charge is 0.246 e. The van der Waals surface area contributed by atoms with E-state index in [0.29, 0.717) is 32.3 Å². The Bertz CT molecular complexity index is 781. The molecule has 0 unspecified atom stereocenters. The molecule has 0 atom stereocenters. The predicted molar refractivity (Wildman–Crippen MR) is 117 cm³/mol. The molecule has 1 aromatic rings. The van der Waals surface area contributed by atoms with Gasteiger partial charge >= 0.3 is 0 Å². The van der Waals surface area contributed by atoms with E-state index in [1.807, 2.05) is 24.3 Å². The highest BCUT2D eigenvalue weighted by atomic mass is 32.2. The average Bonchev–Trinajstić information content (AvgIpc) is 2.68. The van der Waals surface area contributed by atoms with Gasteiger partial charge in [-0.3, -0.25) is 9.63 Å². The number of ether oxygens (including phenoxy) is 1. The highest BCUT2D eigenvalue weighted by molar-refractivity contribution is 7.90. The van der Waals surface area contributed by atoms with E-state index in [0.717, 1.165) is 24.2 Å². The lowest BCUT2D eigenvalue weighted by molar-refractivity contribution is -0.139. The topological polar surface area (TPSA) is 93.7 Å². The van der Waals surface area contributed by atoms with Crippen molar-refractivity contribution < 1.29 is 22.8 Å². The Morgan fingerprint density at radius 2 is 1.87 bits per heavy atom. The van der Waals surface area contributed by atoms with Crippen LogP contribution in [0.5, 0.6) is 5.75 Å². The molecule has 0 aliphatic heterocycles. The summed E-state index contributed by atoms with van der Waals surface area (Å²) in [5.74, 6) is 0.485. The van der Waals surface area contributed by atoms with E-state index < -0.39 is 14.8 Å². The Labute approximate surface area is 180 Å². The summed E-state index contributed by atoms with van der Waals surface area (Å²) in [4.78, 5) is 17.8. The molecule has 0 aromatic heterocycles. The van der Waals surface area contributed by atoms with Gasteiger partial charge in [0.15, 0.2) is 0 Å². The first-order valence-electron chi connectivity index (χ1n) is 10.8. The zero-order valence-electron chi connectivity index (χ0n) is 18.6. The number of nitrogens with one attached hydrogen (secondary N) is 2. The fourth-order valence-corrected chi connectivity index (χ4v) is 4.23. The second kappa shape index (κ2) is 11.1. The molecule has 7 nitrogen and oxygen atoms in total. The van der Waals surface area contributed by atoms with Gasteiger partial charge in [0.25, 0.3) is 0 Å². The van der Waals surface area contributed by atoms with Crippen molar-refractivity contribution in [2.24, 2.45) is 5.92 Å². The number of hydroxylamine groups is 1. The fourth-order valence-electron chi connectivity index (χ4n) is 3.20. The second-order valence-corrected chi connectivity index (χ2v) is 11.4. The minimum Gasteiger partial charge on any atom is -0.494 e. The summed E-state index contributed by atoms with van der Waals surface area (Å²) in [6, 6.07) is 7.53. The third kappa shape index (κ3) is 7.56. The van der Waals surface area contributed by atoms with E-state index in [1.54, 1.807) is 20.8 Å². The summed E-state index contributed by atoms with van der Waals surface area (Å²) in [5.41, 5.74) is 3.46. The van der Waals surface area contributed by atoms with Gasteiger partial charge in [-0.2, -0.15) is 0 Å². The summed E-state index contributed by atoms with van der Waals surface area (Å²) in [5, 5.41) is 0. The van der Waals surface area contributed by atoms with E-state index in [4.69, 9.17) is 9.57 Å². The van der Waals surface area contributed by atoms with Crippen LogP contribution in [0.2, 0.25) is 0 Å². The Hall–Kier alpha value is -1.64. The maximum absolute atomic E-state index is 12.4. The molecule has 0 saturated heterocycles. The van der Waals surface area contributed by atoms with E-state index in [1.165, 1.54) is 0 Å². The number of carbonyl (C=O) groups is 1. The van der Waals surface area contributed by atoms with Crippen molar-refractivity contribution in [3.8, 4) is 5.75 Å². The van der Waals surface area contributed by atoms with Crippen LogP contribution in [0, 0.1) is 5.92 Å². The van der Waals surface area contributed by atoms with Crippen LogP contribution in [0.3, 0.4) is 0 Å². The summed E-state index contributed by atoms with van der Waals surface area (Å²) in [6.07, 6.45) is 4.64. The van der Waals surface area contributed by atoms with Crippen LogP contribution in [0.1, 0.15) is 71.8 Å². The maximum atomic E-state index is 12.4. The molecule has 0 heterocycles. The maximum Gasteiger partial charge on any atom is 0.246 e. The van der Waals surface area contributed by atoms with Crippen LogP contribution < -0.4 is 14.9 Å². The number of rotatable bonds is 10. The van der Waals surface area contributed by atoms with Crippen LogP contribution in [-0.4, -0.2) is 31.7 Å². The molecular formula is C22H36N2O5S. The van der Waals surface area contributed by atoms with Crippen LogP contribution >= 0.6 is 0 Å². The van der Waals surface area contributed by atoms with E-state index in [9.17, 15) is 13.2 Å². The van der Waals surface area contributed by atoms with Gasteiger partial charge in [0.05, 0.1) is 18.0 Å². The molecule has 1 aliphatic carbocycles. The molecule has 1 saturated carbocycles. The van der Waals surface area contributed by atoms with Gasteiger partial charge < -0.3 is 4.74 Å². The zero-order valence-corrected chi connectivity index (χ0v) is 19.4. The van der Waals surface area contributed by atoms with Gasteiger partial charge in [-0.05, 0) is 70.6 Å². The Balaban J connectivity index is 1.72. The SMILES string of the molecule is CCCCOc1cccc(CONC(=O)C2CCC(NS(=O)(=O)C(C)(C)C)CC2)c1. The summed E-state index contributed by atoms with van der Waals surface area (Å²) < 4.78 is 32.2. The van der Waals surface area contributed by atoms with Crippen LogP contribution in [0.25, 0.3) is 0 Å². The van der Waals surface area contributed by atoms with Gasteiger partial charge in [-0.15, -0.1) is 0 Å². The Kier molecular flexibility index (Phi) is 9.12. The first kappa shape index (κ1) is 24.6. The highest BCUT2D eigenvalue weighted by Gasteiger charge is 2.34. The largest absolute Gasteiger partial charge is 0.494 e. The molecule has 2 N–H and O–H groups in total. The number of benzene rings is 1. The monoisotopic (exact) mass is 440 g/mol. The summed E-state index contributed by atoms with van der Waals surface area (Å²) in [7, 11) is -3.38. The Morgan fingerprint density at radius 1 is 1.17 bits per heavy atom. The summed E-state index contributed by atoms with van der Waals surface area (Å²) >= 11 is 0. The quantitative estimate of drug-likeness (QED) is 0.427. The van der Waals surface area contributed by atoms with Gasteiger partial charge in [0, 0.05) is 12.0 Å². The van der Waals surface area contributed by atoms with Crippen LogP contribution in [0.15, 0.2) is 24.3 Å². The molecule has 2 rings (SSSR count). The van der Waals surface area contributed by atoms with Crippen molar-refractivity contribution in [1.82, 2.24) is 10.2 Å². The zero-order chi connectivity index (χ0) is 22.2. The molecule has 8 heteroatoms. The molecule has 1 aliphatic rings. The normalized spacial score (nSPS) is 20.0. The lowest BCUT2D eigenvalue weighted by Crippen LogP contribution is -2.46. The predicted octanol–water partition coefficient (Wildman–Crippen LogP) is 3.69. The van der Waals surface area contributed by atoms with Gasteiger partial charge in [0.1, 0.15) is 5.75 Å². The third-order valence-electron chi connectivity index (χ3n) is 5.30. The third-order valence-corrected chi connectivity index (χ3v) is 7.56. The van der Waals surface area contributed by atoms with E-state index in [-0.39, 0.29) is 24.5 Å². The van der Waals surface area contributed by atoms with Gasteiger partial charge in [-0.25, -0.2) is 18.6 Å². The van der Waals surface area contributed by atoms with Crippen LogP contribution in [-0.2, 0) is 26.3 Å². The van der Waals surface area contributed by atoms with Crippen LogP contribution in [0.4, 0.5) is 0 Å². The minimum absolute atomic E-state index is 0.116. The molecule has 0 spiro atoms. The number of sulfonamides is 1. The number of unbranched alkanes of at least 4 members (excludes halogenated alkanes) is 1. The van der Waals surface area contributed by atoms with E-state index >= 15 is 0 Å². The molecule has 1 amide bonds. The molecule has 170 valence electrons. The molecule has 1 aromatic carbocycles. The molecule has 0 bridgehead atoms. The average molecular weight is 441 g/mol. The lowest BCUT2D eigenvalue weighted by Gasteiger charge is -2.30. The van der Waals surface area contributed by atoms with Crippen molar-refractivity contribution >= 4 is 15.9 Å². The number of hydrogen-bond donors (Lipinski definition) is 2. The molecular weight excluding hydrogens is 404 g/mol. The lowest BCUT2D eigenvalue weighted by atomic mass is 9.86. The van der Waals surface area contributed by atoms with Gasteiger partial charge in [-0.1, -0.05) is 25.5 Å². The van der Waals surface area contributed by atoms with E-state index in [2.05, 4.69) is 17.1 Å². The standard InChI is InChI=1S/C22H36N2O5S/c1-5-6-14-28-20-9-7-8-17(15-20)16-29-23-21(25)18-10-12-19(13-11-18)24-30(26,27)22(2,3)4/h7-9,15,18-19,24H,5-6,10-14,16H2,1-4H3,(H,23,25). The number of hydrogen-bond acceptors (Lipinski definition) is 5. The fraction of sp³-hybridized carbons (Fsp3) is 0.682. The van der Waals surface area contributed by atoms with Crippen molar-refractivity contribution in [1.29, 1.82) is 0 Å². The molecule has 30 heavy (non-hydrogen) atoms. The highest BCUT2D eigenvalue weighted by Crippen LogP contribution is 2.26. The van der Waals surface area contributed by atoms with Crippen molar-refractivity contribution in [2.45, 2.75) is 83.6 Å². The Morgan fingerprint density at radius 3 is 2.50 bits per heavy atom.